The van der Waals surface area contributed by atoms with Crippen LogP contribution in [0, 0.1) is 0 Å². The highest BCUT2D eigenvalue weighted by molar-refractivity contribution is 7.16. The van der Waals surface area contributed by atoms with Crippen LogP contribution in [0.5, 0.6) is 0 Å². The zero-order chi connectivity index (χ0) is 17.6. The second-order valence-electron chi connectivity index (χ2n) is 5.27. The van der Waals surface area contributed by atoms with Crippen molar-refractivity contribution in [3.63, 3.8) is 0 Å². The standard InChI is InChI=1S/C19H17NO4S/c1-2-23-19(22)15-12-14(11-13-7-4-3-5-8-13)25-18(15)20-17(21)16-9-6-10-24-16/h3-10,12H,2,11H2,1H3,(H,20,21). The van der Waals surface area contributed by atoms with Crippen LogP contribution in [0.25, 0.3) is 0 Å². The minimum absolute atomic E-state index is 0.188. The lowest BCUT2D eigenvalue weighted by Gasteiger charge is -2.04. The van der Waals surface area contributed by atoms with Gasteiger partial charge >= 0.3 is 5.97 Å². The number of amides is 1. The highest BCUT2D eigenvalue weighted by atomic mass is 32.1. The molecule has 0 bridgehead atoms. The molecular formula is C19H17NO4S. The van der Waals surface area contributed by atoms with Gasteiger partial charge in [0.1, 0.15) is 5.00 Å². The number of esters is 1. The normalized spacial score (nSPS) is 10.4. The summed E-state index contributed by atoms with van der Waals surface area (Å²) >= 11 is 1.36. The van der Waals surface area contributed by atoms with E-state index in [0.29, 0.717) is 17.0 Å². The third-order valence-corrected chi connectivity index (χ3v) is 4.52. The molecule has 6 heteroatoms. The predicted octanol–water partition coefficient (Wildman–Crippen LogP) is 4.36. The summed E-state index contributed by atoms with van der Waals surface area (Å²) in [6.45, 7) is 2.02. The number of nitrogens with one attached hydrogen (secondary N) is 1. The Bertz CT molecular complexity index is 853. The van der Waals surface area contributed by atoms with Crippen LogP contribution in [0.3, 0.4) is 0 Å². The van der Waals surface area contributed by atoms with Gasteiger partial charge in [-0.1, -0.05) is 30.3 Å². The lowest BCUT2D eigenvalue weighted by Crippen LogP contribution is -2.13. The number of hydrogen-bond acceptors (Lipinski definition) is 5. The van der Waals surface area contributed by atoms with Gasteiger partial charge < -0.3 is 14.5 Å². The van der Waals surface area contributed by atoms with Gasteiger partial charge in [0, 0.05) is 11.3 Å². The molecule has 3 aromatic rings. The van der Waals surface area contributed by atoms with Crippen LogP contribution < -0.4 is 5.32 Å². The molecular weight excluding hydrogens is 338 g/mol. The van der Waals surface area contributed by atoms with E-state index >= 15 is 0 Å². The molecule has 0 radical (unpaired) electrons. The van der Waals surface area contributed by atoms with Gasteiger partial charge in [-0.15, -0.1) is 11.3 Å². The fourth-order valence-electron chi connectivity index (χ4n) is 2.35. The van der Waals surface area contributed by atoms with Crippen molar-refractivity contribution in [3.05, 3.63) is 76.6 Å². The van der Waals surface area contributed by atoms with Gasteiger partial charge in [0.15, 0.2) is 5.76 Å². The van der Waals surface area contributed by atoms with Gasteiger partial charge in [-0.3, -0.25) is 4.79 Å². The van der Waals surface area contributed by atoms with E-state index in [0.717, 1.165) is 10.4 Å². The van der Waals surface area contributed by atoms with E-state index in [1.54, 1.807) is 25.1 Å². The van der Waals surface area contributed by atoms with E-state index in [4.69, 9.17) is 9.15 Å². The third kappa shape index (κ3) is 4.16. The van der Waals surface area contributed by atoms with E-state index in [9.17, 15) is 9.59 Å². The summed E-state index contributed by atoms with van der Waals surface area (Å²) in [4.78, 5) is 25.4. The Kier molecular flexibility index (Phi) is 5.30. The first-order chi connectivity index (χ1) is 12.2. The molecule has 3 rings (SSSR count). The molecule has 0 unspecified atom stereocenters. The van der Waals surface area contributed by atoms with Gasteiger partial charge in [0.25, 0.3) is 5.91 Å². The van der Waals surface area contributed by atoms with Gasteiger partial charge in [-0.05, 0) is 30.7 Å². The van der Waals surface area contributed by atoms with E-state index in [1.165, 1.54) is 17.6 Å². The molecule has 1 aromatic carbocycles. The summed E-state index contributed by atoms with van der Waals surface area (Å²) in [6.07, 6.45) is 2.10. The van der Waals surface area contributed by atoms with Crippen molar-refractivity contribution in [2.24, 2.45) is 0 Å². The maximum Gasteiger partial charge on any atom is 0.341 e. The Morgan fingerprint density at radius 3 is 2.64 bits per heavy atom. The fourth-order valence-corrected chi connectivity index (χ4v) is 3.43. The first kappa shape index (κ1) is 17.0. The summed E-state index contributed by atoms with van der Waals surface area (Å²) in [7, 11) is 0. The van der Waals surface area contributed by atoms with Crippen molar-refractivity contribution in [1.29, 1.82) is 0 Å². The monoisotopic (exact) mass is 355 g/mol. The summed E-state index contributed by atoms with van der Waals surface area (Å²) in [6, 6.07) is 14.9. The minimum Gasteiger partial charge on any atom is -0.462 e. The summed E-state index contributed by atoms with van der Waals surface area (Å²) in [5, 5.41) is 3.21. The Labute approximate surface area is 149 Å². The van der Waals surface area contributed by atoms with Crippen LogP contribution in [0.1, 0.15) is 38.3 Å². The zero-order valence-corrected chi connectivity index (χ0v) is 14.5. The molecule has 0 saturated carbocycles. The van der Waals surface area contributed by atoms with Crippen molar-refractivity contribution >= 4 is 28.2 Å². The Balaban J connectivity index is 1.86. The average Bonchev–Trinajstić information content (AvgIpc) is 3.26. The van der Waals surface area contributed by atoms with Crippen molar-refractivity contribution in [2.75, 3.05) is 11.9 Å². The predicted molar refractivity (Wildman–Crippen MR) is 96.2 cm³/mol. The topological polar surface area (TPSA) is 68.5 Å². The summed E-state index contributed by atoms with van der Waals surface area (Å²) in [5.74, 6) is -0.663. The van der Waals surface area contributed by atoms with Gasteiger partial charge in [-0.25, -0.2) is 4.79 Å². The third-order valence-electron chi connectivity index (χ3n) is 3.47. The molecule has 0 aliphatic rings. The molecule has 128 valence electrons. The Morgan fingerprint density at radius 2 is 1.96 bits per heavy atom. The Morgan fingerprint density at radius 1 is 1.16 bits per heavy atom. The summed E-state index contributed by atoms with van der Waals surface area (Å²) < 4.78 is 10.2. The average molecular weight is 355 g/mol. The number of hydrogen-bond donors (Lipinski definition) is 1. The van der Waals surface area contributed by atoms with Crippen LogP contribution in [0.15, 0.2) is 59.2 Å². The largest absolute Gasteiger partial charge is 0.462 e. The number of furan rings is 1. The van der Waals surface area contributed by atoms with E-state index < -0.39 is 11.9 Å². The molecule has 0 spiro atoms. The SMILES string of the molecule is CCOC(=O)c1cc(Cc2ccccc2)sc1NC(=O)c1ccco1. The van der Waals surface area contributed by atoms with Crippen LogP contribution in [0.4, 0.5) is 5.00 Å². The molecule has 2 aromatic heterocycles. The van der Waals surface area contributed by atoms with E-state index in [-0.39, 0.29) is 12.4 Å². The summed E-state index contributed by atoms with van der Waals surface area (Å²) in [5.41, 5.74) is 1.49. The molecule has 1 amide bonds. The molecule has 25 heavy (non-hydrogen) atoms. The highest BCUT2D eigenvalue weighted by Crippen LogP contribution is 2.31. The van der Waals surface area contributed by atoms with Gasteiger partial charge in [0.05, 0.1) is 18.4 Å². The van der Waals surface area contributed by atoms with E-state index in [2.05, 4.69) is 5.32 Å². The van der Waals surface area contributed by atoms with Gasteiger partial charge in [-0.2, -0.15) is 0 Å². The number of carbonyl (C=O) groups excluding carboxylic acids is 2. The van der Waals surface area contributed by atoms with E-state index in [1.807, 2.05) is 30.3 Å². The van der Waals surface area contributed by atoms with Crippen molar-refractivity contribution in [3.8, 4) is 0 Å². The minimum atomic E-state index is -0.451. The van der Waals surface area contributed by atoms with Crippen LogP contribution in [-0.2, 0) is 11.2 Å². The Hall–Kier alpha value is -2.86. The van der Waals surface area contributed by atoms with Gasteiger partial charge in [0.2, 0.25) is 0 Å². The first-order valence-electron chi connectivity index (χ1n) is 7.86. The van der Waals surface area contributed by atoms with Crippen molar-refractivity contribution < 1.29 is 18.7 Å². The molecule has 2 heterocycles. The van der Waals surface area contributed by atoms with Crippen LogP contribution >= 0.6 is 11.3 Å². The van der Waals surface area contributed by atoms with Crippen molar-refractivity contribution in [1.82, 2.24) is 0 Å². The number of rotatable bonds is 6. The number of thiophene rings is 1. The quantitative estimate of drug-likeness (QED) is 0.667. The molecule has 0 aliphatic carbocycles. The number of anilines is 1. The van der Waals surface area contributed by atoms with Crippen LogP contribution in [0.2, 0.25) is 0 Å². The fraction of sp³-hybridized carbons (Fsp3) is 0.158. The lowest BCUT2D eigenvalue weighted by atomic mass is 10.1. The molecule has 0 fully saturated rings. The first-order valence-corrected chi connectivity index (χ1v) is 8.67. The molecule has 1 N–H and O–H groups in total. The maximum atomic E-state index is 12.2. The smallest absolute Gasteiger partial charge is 0.341 e. The number of carbonyl (C=O) groups is 2. The maximum absolute atomic E-state index is 12.2. The number of ether oxygens (including phenoxy) is 1. The highest BCUT2D eigenvalue weighted by Gasteiger charge is 2.20. The second-order valence-corrected chi connectivity index (χ2v) is 6.41. The lowest BCUT2D eigenvalue weighted by molar-refractivity contribution is 0.0528. The van der Waals surface area contributed by atoms with Crippen LogP contribution in [-0.4, -0.2) is 18.5 Å². The molecule has 5 nitrogen and oxygen atoms in total. The second kappa shape index (κ2) is 7.81. The number of benzene rings is 1. The zero-order valence-electron chi connectivity index (χ0n) is 13.7. The molecule has 0 aliphatic heterocycles. The molecule has 0 saturated heterocycles. The van der Waals surface area contributed by atoms with Crippen molar-refractivity contribution in [2.45, 2.75) is 13.3 Å². The molecule has 0 atom stereocenters.